The zero-order valence-electron chi connectivity index (χ0n) is 6.38. The first-order valence-electron chi connectivity index (χ1n) is 1.91. The van der Waals surface area contributed by atoms with E-state index in [0.29, 0.717) is 0 Å². The topological polar surface area (TPSA) is 54.4 Å². The van der Waals surface area contributed by atoms with E-state index < -0.39 is 15.9 Å². The van der Waals surface area contributed by atoms with Crippen molar-refractivity contribution in [3.05, 3.63) is 0 Å². The van der Waals surface area contributed by atoms with Gasteiger partial charge in [-0.1, -0.05) is 5.92 Å². The molecule has 0 saturated heterocycles. The van der Waals surface area contributed by atoms with Gasteiger partial charge in [-0.3, -0.25) is 4.55 Å². The molecular formula is C4H7NaO3S. The van der Waals surface area contributed by atoms with Crippen molar-refractivity contribution in [2.45, 2.75) is 6.92 Å². The number of rotatable bonds is 1. The second kappa shape index (κ2) is 5.27. The summed E-state index contributed by atoms with van der Waals surface area (Å²) in [5.74, 6) is 4.07. The van der Waals surface area contributed by atoms with Crippen LogP contribution in [0.1, 0.15) is 8.35 Å². The molecule has 0 spiro atoms. The molecule has 48 valence electrons. The maximum atomic E-state index is 9.84. The molecule has 0 saturated carbocycles. The van der Waals surface area contributed by atoms with E-state index in [-0.39, 0.29) is 31.0 Å². The first kappa shape index (κ1) is 12.2. The molecule has 0 aromatic carbocycles. The molecule has 0 amide bonds. The Kier molecular flexibility index (Phi) is 7.13. The quantitative estimate of drug-likeness (QED) is 0.251. The van der Waals surface area contributed by atoms with E-state index in [9.17, 15) is 8.42 Å². The van der Waals surface area contributed by atoms with Gasteiger partial charge in [0.2, 0.25) is 0 Å². The van der Waals surface area contributed by atoms with E-state index in [1.807, 2.05) is 0 Å². The zero-order chi connectivity index (χ0) is 6.62. The summed E-state index contributed by atoms with van der Waals surface area (Å²) in [5, 5.41) is 0. The summed E-state index contributed by atoms with van der Waals surface area (Å²) in [4.78, 5) is 0. The van der Waals surface area contributed by atoms with Crippen LogP contribution < -0.4 is 29.6 Å². The summed E-state index contributed by atoms with van der Waals surface area (Å²) in [5.41, 5.74) is 0. The van der Waals surface area contributed by atoms with Crippen LogP contribution in [-0.4, -0.2) is 18.7 Å². The van der Waals surface area contributed by atoms with E-state index in [0.717, 1.165) is 0 Å². The minimum absolute atomic E-state index is 0. The summed E-state index contributed by atoms with van der Waals surface area (Å²) in [7, 11) is -3.86. The molecule has 0 aliphatic rings. The Bertz CT molecular complexity index is 212. The molecule has 0 aliphatic carbocycles. The van der Waals surface area contributed by atoms with Crippen molar-refractivity contribution in [1.82, 2.24) is 0 Å². The average molecular weight is 158 g/mol. The molecular weight excluding hydrogens is 151 g/mol. The Morgan fingerprint density at radius 1 is 1.67 bits per heavy atom. The molecule has 3 nitrogen and oxygen atoms in total. The third-order valence-electron chi connectivity index (χ3n) is 0.431. The van der Waals surface area contributed by atoms with Gasteiger partial charge in [0.05, 0.1) is 0 Å². The zero-order valence-corrected chi connectivity index (χ0v) is 8.20. The summed E-state index contributed by atoms with van der Waals surface area (Å²) in [6.45, 7) is 1.51. The van der Waals surface area contributed by atoms with Crippen LogP contribution in [0.5, 0.6) is 0 Å². The van der Waals surface area contributed by atoms with Crippen LogP contribution in [0.3, 0.4) is 0 Å². The maximum Gasteiger partial charge on any atom is 1.00 e. The van der Waals surface area contributed by atoms with E-state index in [2.05, 4.69) is 11.8 Å². The van der Waals surface area contributed by atoms with Crippen molar-refractivity contribution in [2.24, 2.45) is 0 Å². The van der Waals surface area contributed by atoms with Crippen molar-refractivity contribution >= 4 is 10.1 Å². The molecule has 0 bridgehead atoms. The minimum atomic E-state index is -3.86. The standard InChI is InChI=1S/C4H6O3S.Na.H/c1-2-3-4-8(5,6)7;;/h4H2,1H3,(H,5,6,7);;/q;+1;-1. The van der Waals surface area contributed by atoms with Crippen molar-refractivity contribution < 1.29 is 44.0 Å². The van der Waals surface area contributed by atoms with Gasteiger partial charge in [-0.2, -0.15) is 8.42 Å². The van der Waals surface area contributed by atoms with E-state index in [1.54, 1.807) is 0 Å². The Hall–Kier alpha value is 0.470. The fourth-order valence-electron chi connectivity index (χ4n) is 0.163. The fourth-order valence-corrected chi connectivity index (χ4v) is 0.490. The summed E-state index contributed by atoms with van der Waals surface area (Å²) >= 11 is 0. The molecule has 0 radical (unpaired) electrons. The molecule has 0 fully saturated rings. The molecule has 0 aromatic heterocycles. The van der Waals surface area contributed by atoms with Crippen molar-refractivity contribution in [2.75, 3.05) is 5.75 Å². The fraction of sp³-hybridized carbons (Fsp3) is 0.500. The van der Waals surface area contributed by atoms with E-state index in [1.165, 1.54) is 6.92 Å². The van der Waals surface area contributed by atoms with Crippen molar-refractivity contribution in [1.29, 1.82) is 0 Å². The second-order valence-electron chi connectivity index (χ2n) is 1.15. The minimum Gasteiger partial charge on any atom is -1.00 e. The second-order valence-corrected chi connectivity index (χ2v) is 2.61. The normalized spacial score (nSPS) is 8.67. The summed E-state index contributed by atoms with van der Waals surface area (Å²) in [6, 6.07) is 0. The largest absolute Gasteiger partial charge is 1.00 e. The van der Waals surface area contributed by atoms with Gasteiger partial charge >= 0.3 is 29.6 Å². The third kappa shape index (κ3) is 11.8. The first-order chi connectivity index (χ1) is 3.56. The Labute approximate surface area is 78.4 Å². The Balaban J connectivity index is -0.000000245. The van der Waals surface area contributed by atoms with Crippen molar-refractivity contribution in [3.63, 3.8) is 0 Å². The predicted octanol–water partition coefficient (Wildman–Crippen LogP) is -2.99. The van der Waals surface area contributed by atoms with Gasteiger partial charge in [-0.15, -0.1) is 5.92 Å². The summed E-state index contributed by atoms with van der Waals surface area (Å²) in [6.07, 6.45) is 0. The molecule has 5 heteroatoms. The molecule has 0 unspecified atom stereocenters. The SMILES string of the molecule is CC#CCS(=O)(=O)O.[H-].[Na+]. The smallest absolute Gasteiger partial charge is 1.00 e. The number of hydrogen-bond acceptors (Lipinski definition) is 2. The van der Waals surface area contributed by atoms with Gasteiger partial charge < -0.3 is 1.43 Å². The monoisotopic (exact) mass is 158 g/mol. The molecule has 0 aliphatic heterocycles. The van der Waals surface area contributed by atoms with Gasteiger partial charge in [0.1, 0.15) is 5.75 Å². The average Bonchev–Trinajstić information content (AvgIpc) is 1.59. The third-order valence-corrected chi connectivity index (χ3v) is 0.940. The Morgan fingerprint density at radius 2 is 2.11 bits per heavy atom. The molecule has 0 heterocycles. The molecule has 0 rings (SSSR count). The first-order valence-corrected chi connectivity index (χ1v) is 3.52. The Morgan fingerprint density at radius 3 is 2.22 bits per heavy atom. The van der Waals surface area contributed by atoms with Gasteiger partial charge in [-0.25, -0.2) is 0 Å². The molecule has 1 N–H and O–H groups in total. The molecule has 0 atom stereocenters. The molecule has 9 heavy (non-hydrogen) atoms. The van der Waals surface area contributed by atoms with E-state index in [4.69, 9.17) is 4.55 Å². The van der Waals surface area contributed by atoms with Crippen LogP contribution >= 0.6 is 0 Å². The van der Waals surface area contributed by atoms with Crippen LogP contribution in [0.4, 0.5) is 0 Å². The molecule has 0 aromatic rings. The van der Waals surface area contributed by atoms with Gasteiger partial charge in [0.25, 0.3) is 10.1 Å². The van der Waals surface area contributed by atoms with E-state index >= 15 is 0 Å². The van der Waals surface area contributed by atoms with Crippen LogP contribution in [0.2, 0.25) is 0 Å². The summed E-state index contributed by atoms with van der Waals surface area (Å²) < 4.78 is 27.7. The van der Waals surface area contributed by atoms with Gasteiger partial charge in [0, 0.05) is 0 Å². The van der Waals surface area contributed by atoms with Crippen LogP contribution in [0, 0.1) is 11.8 Å². The predicted molar refractivity (Wildman–Crippen MR) is 31.0 cm³/mol. The number of hydrogen-bond donors (Lipinski definition) is 1. The van der Waals surface area contributed by atoms with Gasteiger partial charge in [-0.05, 0) is 6.92 Å². The van der Waals surface area contributed by atoms with Crippen molar-refractivity contribution in [3.8, 4) is 11.8 Å². The van der Waals surface area contributed by atoms with Crippen LogP contribution in [-0.2, 0) is 10.1 Å². The van der Waals surface area contributed by atoms with Gasteiger partial charge in [0.15, 0.2) is 0 Å². The van der Waals surface area contributed by atoms with Crippen LogP contribution in [0.25, 0.3) is 0 Å². The van der Waals surface area contributed by atoms with Crippen LogP contribution in [0.15, 0.2) is 0 Å². The maximum absolute atomic E-state index is 9.84.